The summed E-state index contributed by atoms with van der Waals surface area (Å²) in [6, 6.07) is 0. The van der Waals surface area contributed by atoms with Crippen molar-refractivity contribution in [3.8, 4) is 0 Å². The topological polar surface area (TPSA) is 99.1 Å². The molecule has 0 spiro atoms. The van der Waals surface area contributed by atoms with Gasteiger partial charge < -0.3 is 15.4 Å². The zero-order valence-electron chi connectivity index (χ0n) is 11.0. The van der Waals surface area contributed by atoms with Gasteiger partial charge in [-0.05, 0) is 37.4 Å². The molecule has 1 aliphatic rings. The van der Waals surface area contributed by atoms with Gasteiger partial charge in [0.05, 0.1) is 7.11 Å². The fourth-order valence-electron chi connectivity index (χ4n) is 2.35. The minimum atomic E-state index is -0.615. The summed E-state index contributed by atoms with van der Waals surface area (Å²) >= 11 is 0. The van der Waals surface area contributed by atoms with Crippen molar-refractivity contribution in [2.24, 2.45) is 11.0 Å². The van der Waals surface area contributed by atoms with Crippen molar-refractivity contribution >= 4 is 5.97 Å². The summed E-state index contributed by atoms with van der Waals surface area (Å²) in [5, 5.41) is 10.0. The number of ether oxygens (including phenoxy) is 1. The summed E-state index contributed by atoms with van der Waals surface area (Å²) in [6.07, 6.45) is 1.42. The molecule has 0 radical (unpaired) electrons. The van der Waals surface area contributed by atoms with E-state index in [4.69, 9.17) is 10.3 Å². The molecule has 0 aromatic carbocycles. The van der Waals surface area contributed by atoms with Gasteiger partial charge in [0.2, 0.25) is 0 Å². The molecule has 0 aromatic rings. The Hall–Kier alpha value is -1.30. The lowest BCUT2D eigenvalue weighted by Gasteiger charge is -2.41. The van der Waals surface area contributed by atoms with Gasteiger partial charge in [-0.1, -0.05) is 12.0 Å². The molecule has 2 N–H and O–H groups in total. The fourth-order valence-corrected chi connectivity index (χ4v) is 2.35. The van der Waals surface area contributed by atoms with Crippen LogP contribution in [0.2, 0.25) is 0 Å². The maximum Gasteiger partial charge on any atom is 0.326 e. The van der Waals surface area contributed by atoms with Crippen molar-refractivity contribution in [2.75, 3.05) is 33.3 Å². The van der Waals surface area contributed by atoms with Crippen LogP contribution in [0, 0.1) is 5.92 Å². The van der Waals surface area contributed by atoms with Crippen molar-refractivity contribution < 1.29 is 9.53 Å². The van der Waals surface area contributed by atoms with Crippen molar-refractivity contribution in [3.05, 3.63) is 10.4 Å². The van der Waals surface area contributed by atoms with Gasteiger partial charge in [0.25, 0.3) is 0 Å². The number of esters is 1. The largest absolute Gasteiger partial charge is 0.468 e. The number of piperidine rings is 1. The number of hydrogen-bond donors (Lipinski definition) is 2. The Morgan fingerprint density at radius 2 is 2.50 bits per heavy atom. The van der Waals surface area contributed by atoms with Gasteiger partial charge in [-0.25, -0.2) is 0 Å². The predicted octanol–water partition coefficient (Wildman–Crippen LogP) is 0.818. The third kappa shape index (κ3) is 3.35. The standard InChI is InChI=1S/C11H21N5O2/c1-9-8-13-7-4-11(9,10(17)18-2)14-5-3-6-15-16-12/h9,13-14H,3-8H2,1-2H3. The first kappa shape index (κ1) is 14.8. The highest BCUT2D eigenvalue weighted by Gasteiger charge is 2.45. The van der Waals surface area contributed by atoms with Crippen molar-refractivity contribution in [3.63, 3.8) is 0 Å². The number of nitrogens with one attached hydrogen (secondary N) is 2. The Bertz CT molecular complexity index is 329. The number of rotatable bonds is 6. The van der Waals surface area contributed by atoms with Crippen LogP contribution in [-0.2, 0) is 9.53 Å². The Balaban J connectivity index is 2.60. The minimum absolute atomic E-state index is 0.165. The minimum Gasteiger partial charge on any atom is -0.468 e. The molecule has 0 bridgehead atoms. The summed E-state index contributed by atoms with van der Waals surface area (Å²) in [7, 11) is 1.42. The van der Waals surface area contributed by atoms with E-state index in [2.05, 4.69) is 20.7 Å². The maximum atomic E-state index is 12.0. The summed E-state index contributed by atoms with van der Waals surface area (Å²) < 4.78 is 4.93. The van der Waals surface area contributed by atoms with Crippen LogP contribution in [0.25, 0.3) is 10.4 Å². The van der Waals surface area contributed by atoms with E-state index >= 15 is 0 Å². The van der Waals surface area contributed by atoms with E-state index in [9.17, 15) is 4.79 Å². The van der Waals surface area contributed by atoms with Crippen LogP contribution in [0.1, 0.15) is 19.8 Å². The van der Waals surface area contributed by atoms with E-state index in [1.54, 1.807) is 0 Å². The third-order valence-electron chi connectivity index (χ3n) is 3.48. The molecule has 102 valence electrons. The van der Waals surface area contributed by atoms with E-state index in [1.165, 1.54) is 7.11 Å². The lowest BCUT2D eigenvalue weighted by Crippen LogP contribution is -2.63. The van der Waals surface area contributed by atoms with E-state index in [0.29, 0.717) is 25.9 Å². The number of azide groups is 1. The van der Waals surface area contributed by atoms with Crippen LogP contribution in [0.4, 0.5) is 0 Å². The summed E-state index contributed by atoms with van der Waals surface area (Å²) in [6.45, 7) is 4.69. The first-order valence-corrected chi connectivity index (χ1v) is 6.22. The smallest absolute Gasteiger partial charge is 0.326 e. The Kier molecular flexibility index (Phi) is 5.91. The predicted molar refractivity (Wildman–Crippen MR) is 68.0 cm³/mol. The van der Waals surface area contributed by atoms with Crippen LogP contribution < -0.4 is 10.6 Å². The Morgan fingerprint density at radius 3 is 3.11 bits per heavy atom. The highest BCUT2D eigenvalue weighted by Crippen LogP contribution is 2.25. The highest BCUT2D eigenvalue weighted by atomic mass is 16.5. The van der Waals surface area contributed by atoms with Crippen LogP contribution in [0.5, 0.6) is 0 Å². The second kappa shape index (κ2) is 7.20. The molecule has 0 aliphatic carbocycles. The van der Waals surface area contributed by atoms with Gasteiger partial charge in [0.15, 0.2) is 0 Å². The second-order valence-electron chi connectivity index (χ2n) is 4.55. The molecule has 2 atom stereocenters. The molecule has 0 amide bonds. The molecule has 1 saturated heterocycles. The fraction of sp³-hybridized carbons (Fsp3) is 0.909. The molecule has 0 saturated carbocycles. The van der Waals surface area contributed by atoms with Crippen LogP contribution in [0.3, 0.4) is 0 Å². The first-order chi connectivity index (χ1) is 8.67. The monoisotopic (exact) mass is 255 g/mol. The number of hydrogen-bond acceptors (Lipinski definition) is 5. The van der Waals surface area contributed by atoms with Gasteiger partial charge in [-0.15, -0.1) is 0 Å². The van der Waals surface area contributed by atoms with Crippen molar-refractivity contribution in [1.29, 1.82) is 0 Å². The average molecular weight is 255 g/mol. The molecule has 1 aliphatic heterocycles. The summed E-state index contributed by atoms with van der Waals surface area (Å²) in [5.41, 5.74) is 7.57. The number of nitrogens with zero attached hydrogens (tertiary/aromatic N) is 3. The van der Waals surface area contributed by atoms with Crippen LogP contribution in [-0.4, -0.2) is 44.8 Å². The summed E-state index contributed by atoms with van der Waals surface area (Å²) in [5.74, 6) is -0.0431. The molecular weight excluding hydrogens is 234 g/mol. The lowest BCUT2D eigenvalue weighted by atomic mass is 9.79. The normalized spacial score (nSPS) is 27.3. The lowest BCUT2D eigenvalue weighted by molar-refractivity contribution is -0.152. The summed E-state index contributed by atoms with van der Waals surface area (Å²) in [4.78, 5) is 14.7. The molecule has 1 rings (SSSR count). The van der Waals surface area contributed by atoms with Crippen LogP contribution >= 0.6 is 0 Å². The van der Waals surface area contributed by atoms with E-state index < -0.39 is 5.54 Å². The van der Waals surface area contributed by atoms with Gasteiger partial charge in [0.1, 0.15) is 5.54 Å². The molecule has 2 unspecified atom stereocenters. The molecule has 18 heavy (non-hydrogen) atoms. The van der Waals surface area contributed by atoms with Crippen LogP contribution in [0.15, 0.2) is 5.11 Å². The number of carbonyl (C=O) groups excluding carboxylic acids is 1. The Morgan fingerprint density at radius 1 is 1.72 bits per heavy atom. The number of carbonyl (C=O) groups is 1. The van der Waals surface area contributed by atoms with Gasteiger partial charge in [0, 0.05) is 18.0 Å². The zero-order valence-corrected chi connectivity index (χ0v) is 11.0. The number of methoxy groups -OCH3 is 1. The maximum absolute atomic E-state index is 12.0. The molecule has 0 aromatic heterocycles. The van der Waals surface area contributed by atoms with Crippen molar-refractivity contribution in [2.45, 2.75) is 25.3 Å². The third-order valence-corrected chi connectivity index (χ3v) is 3.48. The van der Waals surface area contributed by atoms with E-state index in [0.717, 1.165) is 13.1 Å². The Labute approximate surface area is 107 Å². The van der Waals surface area contributed by atoms with Gasteiger partial charge in [-0.3, -0.25) is 4.79 Å². The van der Waals surface area contributed by atoms with Gasteiger partial charge in [-0.2, -0.15) is 0 Å². The quantitative estimate of drug-likeness (QED) is 0.241. The van der Waals surface area contributed by atoms with E-state index in [-0.39, 0.29) is 11.9 Å². The van der Waals surface area contributed by atoms with Crippen molar-refractivity contribution in [1.82, 2.24) is 10.6 Å². The zero-order chi connectivity index (χ0) is 13.4. The van der Waals surface area contributed by atoms with E-state index in [1.807, 2.05) is 6.92 Å². The average Bonchev–Trinajstić information content (AvgIpc) is 2.39. The molecule has 7 heteroatoms. The highest BCUT2D eigenvalue weighted by molar-refractivity contribution is 5.81. The van der Waals surface area contributed by atoms with Gasteiger partial charge >= 0.3 is 5.97 Å². The molecule has 1 fully saturated rings. The molecule has 1 heterocycles. The first-order valence-electron chi connectivity index (χ1n) is 6.22. The SMILES string of the molecule is COC(=O)C1(NCCCN=[N+]=[N-])CCNCC1C. The molecule has 7 nitrogen and oxygen atoms in total. The second-order valence-corrected chi connectivity index (χ2v) is 4.55. The molecular formula is C11H21N5O2.